The molecule has 3 aromatic rings. The highest BCUT2D eigenvalue weighted by atomic mass is 35.5. The number of hydrogen-bond donors (Lipinski definition) is 0. The number of fused-ring (bicyclic) bond motifs is 1. The average molecular weight is 509 g/mol. The van der Waals surface area contributed by atoms with Gasteiger partial charge in [0.1, 0.15) is 18.9 Å². The Kier molecular flexibility index (Phi) is 8.26. The van der Waals surface area contributed by atoms with Gasteiger partial charge < -0.3 is 14.5 Å². The predicted molar refractivity (Wildman–Crippen MR) is 141 cm³/mol. The van der Waals surface area contributed by atoms with Crippen molar-refractivity contribution in [3.8, 4) is 5.75 Å². The van der Waals surface area contributed by atoms with E-state index in [2.05, 4.69) is 18.0 Å². The van der Waals surface area contributed by atoms with E-state index in [1.165, 1.54) is 4.88 Å². The number of thiophene rings is 1. The fourth-order valence-corrected chi connectivity index (χ4v) is 5.35. The molecule has 1 aromatic heterocycles. The summed E-state index contributed by atoms with van der Waals surface area (Å²) in [7, 11) is 0. The summed E-state index contributed by atoms with van der Waals surface area (Å²) in [4.78, 5) is 31.2. The van der Waals surface area contributed by atoms with Crippen LogP contribution in [-0.2, 0) is 22.4 Å². The highest BCUT2D eigenvalue weighted by Gasteiger charge is 2.33. The highest BCUT2D eigenvalue weighted by Crippen LogP contribution is 2.34. The van der Waals surface area contributed by atoms with E-state index in [1.54, 1.807) is 22.3 Å². The summed E-state index contributed by atoms with van der Waals surface area (Å²) in [5, 5.41) is 2.75. The van der Waals surface area contributed by atoms with Crippen molar-refractivity contribution in [2.75, 3.05) is 26.2 Å². The fourth-order valence-electron chi connectivity index (χ4n) is 4.30. The first-order valence-corrected chi connectivity index (χ1v) is 12.9. The monoisotopic (exact) mass is 508 g/mol. The third kappa shape index (κ3) is 6.13. The van der Waals surface area contributed by atoms with Crippen molar-refractivity contribution >= 4 is 34.8 Å². The number of halogens is 1. The van der Waals surface area contributed by atoms with Crippen LogP contribution in [0.4, 0.5) is 0 Å². The predicted octanol–water partition coefficient (Wildman–Crippen LogP) is 5.47. The zero-order valence-electron chi connectivity index (χ0n) is 19.8. The van der Waals surface area contributed by atoms with Crippen LogP contribution in [0.25, 0.3) is 0 Å². The maximum absolute atomic E-state index is 13.5. The van der Waals surface area contributed by atoms with Gasteiger partial charge in [0.15, 0.2) is 0 Å². The molecule has 2 amide bonds. The molecule has 0 bridgehead atoms. The van der Waals surface area contributed by atoms with Gasteiger partial charge >= 0.3 is 0 Å². The van der Waals surface area contributed by atoms with Crippen LogP contribution in [0.15, 0.2) is 72.6 Å². The van der Waals surface area contributed by atoms with Gasteiger partial charge in [-0.05, 0) is 59.7 Å². The molecule has 1 unspecified atom stereocenters. The van der Waals surface area contributed by atoms with E-state index >= 15 is 0 Å². The molecule has 1 aliphatic heterocycles. The third-order valence-electron chi connectivity index (χ3n) is 6.18. The number of ether oxygens (including phenoxy) is 1. The molecular formula is C28H29ClN2O3S. The van der Waals surface area contributed by atoms with E-state index in [0.29, 0.717) is 30.5 Å². The molecule has 35 heavy (non-hydrogen) atoms. The first kappa shape index (κ1) is 25.0. The maximum atomic E-state index is 13.5. The zero-order chi connectivity index (χ0) is 24.8. The standard InChI is InChI=1S/C28H29ClN2O3S/c1-3-13-30(27(32)17-21-7-5-4-6-8-21)18-28(33)31-14-11-26-23(12-15-35-26)25(31)19-34-22-9-10-24(29)20(2)16-22/h3-10,12,15-16,25H,1,11,13-14,17-19H2,2H3. The van der Waals surface area contributed by atoms with Gasteiger partial charge in [-0.1, -0.05) is 48.0 Å². The van der Waals surface area contributed by atoms with Crippen LogP contribution >= 0.6 is 22.9 Å². The second-order valence-electron chi connectivity index (χ2n) is 8.60. The minimum atomic E-state index is -0.219. The number of benzene rings is 2. The number of nitrogens with zero attached hydrogens (tertiary/aromatic N) is 2. The number of carbonyl (C=O) groups excluding carboxylic acids is 2. The van der Waals surface area contributed by atoms with E-state index in [-0.39, 0.29) is 30.8 Å². The molecule has 0 aliphatic carbocycles. The largest absolute Gasteiger partial charge is 0.491 e. The van der Waals surface area contributed by atoms with Crippen molar-refractivity contribution in [3.05, 3.63) is 99.2 Å². The Labute approximate surface area is 215 Å². The van der Waals surface area contributed by atoms with Crippen LogP contribution in [0, 0.1) is 6.92 Å². The van der Waals surface area contributed by atoms with Crippen LogP contribution < -0.4 is 4.74 Å². The van der Waals surface area contributed by atoms with Crippen molar-refractivity contribution in [3.63, 3.8) is 0 Å². The summed E-state index contributed by atoms with van der Waals surface area (Å²) in [6.07, 6.45) is 2.71. The number of amides is 2. The molecule has 0 saturated carbocycles. The molecular weight excluding hydrogens is 480 g/mol. The molecule has 1 atom stereocenters. The molecule has 0 fully saturated rings. The summed E-state index contributed by atoms with van der Waals surface area (Å²) in [5.41, 5.74) is 2.98. The summed E-state index contributed by atoms with van der Waals surface area (Å²) in [5.74, 6) is 0.529. The zero-order valence-corrected chi connectivity index (χ0v) is 21.4. The van der Waals surface area contributed by atoms with Crippen LogP contribution in [0.5, 0.6) is 5.75 Å². The number of carbonyl (C=O) groups is 2. The van der Waals surface area contributed by atoms with Gasteiger partial charge in [0, 0.05) is 23.0 Å². The van der Waals surface area contributed by atoms with Crippen molar-refractivity contribution < 1.29 is 14.3 Å². The fraction of sp³-hybridized carbons (Fsp3) is 0.286. The molecule has 0 radical (unpaired) electrons. The second kappa shape index (κ2) is 11.6. The lowest BCUT2D eigenvalue weighted by Gasteiger charge is -2.37. The Balaban J connectivity index is 1.49. The van der Waals surface area contributed by atoms with E-state index in [9.17, 15) is 9.59 Å². The molecule has 0 spiro atoms. The van der Waals surface area contributed by atoms with E-state index in [4.69, 9.17) is 16.3 Å². The maximum Gasteiger partial charge on any atom is 0.242 e. The smallest absolute Gasteiger partial charge is 0.242 e. The van der Waals surface area contributed by atoms with Gasteiger partial charge in [-0.2, -0.15) is 0 Å². The molecule has 5 nitrogen and oxygen atoms in total. The molecule has 1 aliphatic rings. The van der Waals surface area contributed by atoms with Crippen LogP contribution in [0.1, 0.15) is 27.6 Å². The van der Waals surface area contributed by atoms with Gasteiger partial charge in [0.25, 0.3) is 0 Å². The summed E-state index contributed by atoms with van der Waals surface area (Å²) in [6, 6.07) is 17.0. The SMILES string of the molecule is C=CCN(CC(=O)N1CCc2sccc2C1COc1ccc(Cl)c(C)c1)C(=O)Cc1ccccc1. The van der Waals surface area contributed by atoms with Gasteiger partial charge in [-0.3, -0.25) is 9.59 Å². The molecule has 0 saturated heterocycles. The molecule has 7 heteroatoms. The van der Waals surface area contributed by atoms with Gasteiger partial charge in [-0.15, -0.1) is 17.9 Å². The van der Waals surface area contributed by atoms with E-state index < -0.39 is 0 Å². The van der Waals surface area contributed by atoms with Gasteiger partial charge in [-0.25, -0.2) is 0 Å². The summed E-state index contributed by atoms with van der Waals surface area (Å²) in [6.45, 7) is 6.96. The Hall–Kier alpha value is -3.09. The topological polar surface area (TPSA) is 49.9 Å². The minimum Gasteiger partial charge on any atom is -0.491 e. The Bertz CT molecular complexity index is 1190. The first-order chi connectivity index (χ1) is 17.0. The first-order valence-electron chi connectivity index (χ1n) is 11.6. The van der Waals surface area contributed by atoms with Gasteiger partial charge in [0.05, 0.1) is 12.5 Å². The van der Waals surface area contributed by atoms with E-state index in [1.807, 2.05) is 60.4 Å². The highest BCUT2D eigenvalue weighted by molar-refractivity contribution is 7.10. The van der Waals surface area contributed by atoms with Crippen molar-refractivity contribution in [2.24, 2.45) is 0 Å². The van der Waals surface area contributed by atoms with Gasteiger partial charge in [0.2, 0.25) is 11.8 Å². The lowest BCUT2D eigenvalue weighted by molar-refractivity contribution is -0.142. The van der Waals surface area contributed by atoms with Crippen molar-refractivity contribution in [1.29, 1.82) is 0 Å². The Morgan fingerprint density at radius 1 is 1.23 bits per heavy atom. The van der Waals surface area contributed by atoms with E-state index in [0.717, 1.165) is 23.1 Å². The normalized spacial score (nSPS) is 14.8. The average Bonchev–Trinajstić information content (AvgIpc) is 3.34. The lowest BCUT2D eigenvalue weighted by atomic mass is 10.0. The third-order valence-corrected chi connectivity index (χ3v) is 7.60. The van der Waals surface area contributed by atoms with Crippen molar-refractivity contribution in [1.82, 2.24) is 9.80 Å². The Morgan fingerprint density at radius 3 is 2.77 bits per heavy atom. The van der Waals surface area contributed by atoms with Crippen molar-refractivity contribution in [2.45, 2.75) is 25.8 Å². The molecule has 0 N–H and O–H groups in total. The number of hydrogen-bond acceptors (Lipinski definition) is 4. The Morgan fingerprint density at radius 2 is 2.03 bits per heavy atom. The number of aryl methyl sites for hydroxylation is 1. The molecule has 4 rings (SSSR count). The van der Waals surface area contributed by atoms with Crippen LogP contribution in [-0.4, -0.2) is 47.9 Å². The lowest BCUT2D eigenvalue weighted by Crippen LogP contribution is -2.48. The number of rotatable bonds is 9. The quantitative estimate of drug-likeness (QED) is 0.360. The molecule has 2 heterocycles. The molecule has 2 aromatic carbocycles. The summed E-state index contributed by atoms with van der Waals surface area (Å²) < 4.78 is 6.12. The van der Waals surface area contributed by atoms with Crippen LogP contribution in [0.2, 0.25) is 5.02 Å². The minimum absolute atomic E-state index is 0.00765. The summed E-state index contributed by atoms with van der Waals surface area (Å²) >= 11 is 7.86. The molecule has 182 valence electrons. The second-order valence-corrected chi connectivity index (χ2v) is 10.0. The van der Waals surface area contributed by atoms with Crippen LogP contribution in [0.3, 0.4) is 0 Å².